The van der Waals surface area contributed by atoms with Gasteiger partial charge in [-0.15, -0.1) is 11.3 Å². The number of hydrogen-bond acceptors (Lipinski definition) is 5. The number of aryl methyl sites for hydroxylation is 1. The van der Waals surface area contributed by atoms with E-state index in [0.717, 1.165) is 24.8 Å². The number of rotatable bonds is 4. The number of nitrogens with one attached hydrogen (secondary N) is 1. The molecule has 4 rings (SSSR count). The maximum atomic E-state index is 13.2. The number of imidazole rings is 1. The third kappa shape index (κ3) is 3.43. The summed E-state index contributed by atoms with van der Waals surface area (Å²) in [6, 6.07) is 4.98. The van der Waals surface area contributed by atoms with E-state index in [1.165, 1.54) is 15.6 Å². The van der Waals surface area contributed by atoms with Gasteiger partial charge in [0.2, 0.25) is 10.0 Å². The van der Waals surface area contributed by atoms with Gasteiger partial charge in [0.05, 0.1) is 5.69 Å². The van der Waals surface area contributed by atoms with E-state index in [2.05, 4.69) is 10.3 Å². The highest BCUT2D eigenvalue weighted by molar-refractivity contribution is 7.89. The van der Waals surface area contributed by atoms with Crippen molar-refractivity contribution in [2.45, 2.75) is 31.1 Å². The molecule has 2 aromatic heterocycles. The smallest absolute Gasteiger partial charge is 0.275 e. The number of fused-ring (bicyclic) bond motifs is 1. The van der Waals surface area contributed by atoms with Gasteiger partial charge >= 0.3 is 0 Å². The lowest BCUT2D eigenvalue weighted by atomic mass is 10.2. The predicted octanol–water partition coefficient (Wildman–Crippen LogP) is 3.78. The first kappa shape index (κ1) is 19.4. The second-order valence-corrected chi connectivity index (χ2v) is 9.86. The van der Waals surface area contributed by atoms with Gasteiger partial charge in [-0.2, -0.15) is 4.31 Å². The molecule has 0 radical (unpaired) electrons. The molecule has 0 saturated carbocycles. The lowest BCUT2D eigenvalue weighted by Crippen LogP contribution is -2.36. The lowest BCUT2D eigenvalue weighted by Gasteiger charge is -2.27. The molecule has 10 heteroatoms. The molecule has 0 bridgehead atoms. The summed E-state index contributed by atoms with van der Waals surface area (Å²) in [6.45, 7) is 2.81. The standard InChI is InChI=1S/C18H19ClN4O3S2/c1-12-5-6-13(14(11-12)28(25,26)22-7-3-2-4-8-22)20-17(24)15-16(19)21-18-23(15)9-10-27-18/h5-6,9-11H,2-4,7-8H2,1H3,(H,20,24). The van der Waals surface area contributed by atoms with Gasteiger partial charge in [0.1, 0.15) is 4.90 Å². The number of aromatic nitrogens is 2. The van der Waals surface area contributed by atoms with E-state index in [1.807, 2.05) is 6.92 Å². The molecule has 1 amide bonds. The van der Waals surface area contributed by atoms with Crippen LogP contribution in [0, 0.1) is 6.92 Å². The van der Waals surface area contributed by atoms with E-state index < -0.39 is 15.9 Å². The zero-order valence-electron chi connectivity index (χ0n) is 15.2. The van der Waals surface area contributed by atoms with Crippen LogP contribution < -0.4 is 5.32 Å². The Morgan fingerprint density at radius 3 is 2.75 bits per heavy atom. The van der Waals surface area contributed by atoms with Crippen LogP contribution in [0.3, 0.4) is 0 Å². The molecule has 0 spiro atoms. The number of hydrogen-bond donors (Lipinski definition) is 1. The highest BCUT2D eigenvalue weighted by atomic mass is 35.5. The van der Waals surface area contributed by atoms with Crippen molar-refractivity contribution in [2.24, 2.45) is 0 Å². The number of benzene rings is 1. The minimum absolute atomic E-state index is 0.0805. The van der Waals surface area contributed by atoms with E-state index in [9.17, 15) is 13.2 Å². The summed E-state index contributed by atoms with van der Waals surface area (Å²) in [5.74, 6) is -0.505. The Labute approximate surface area is 172 Å². The van der Waals surface area contributed by atoms with Crippen LogP contribution in [-0.2, 0) is 10.0 Å². The van der Waals surface area contributed by atoms with E-state index in [0.29, 0.717) is 18.1 Å². The third-order valence-electron chi connectivity index (χ3n) is 4.75. The van der Waals surface area contributed by atoms with Gasteiger partial charge in [-0.05, 0) is 37.5 Å². The molecule has 3 heterocycles. The molecule has 28 heavy (non-hydrogen) atoms. The normalized spacial score (nSPS) is 15.8. The summed E-state index contributed by atoms with van der Waals surface area (Å²) < 4.78 is 29.5. The molecule has 7 nitrogen and oxygen atoms in total. The molecular formula is C18H19ClN4O3S2. The van der Waals surface area contributed by atoms with E-state index in [1.54, 1.807) is 34.2 Å². The van der Waals surface area contributed by atoms with Crippen molar-refractivity contribution in [3.05, 3.63) is 46.2 Å². The molecule has 148 valence electrons. The van der Waals surface area contributed by atoms with Crippen molar-refractivity contribution in [2.75, 3.05) is 18.4 Å². The Morgan fingerprint density at radius 1 is 1.25 bits per heavy atom. The molecule has 0 aliphatic carbocycles. The van der Waals surface area contributed by atoms with Gasteiger partial charge in [-0.3, -0.25) is 9.20 Å². The molecule has 1 aliphatic heterocycles. The molecule has 1 aromatic carbocycles. The summed E-state index contributed by atoms with van der Waals surface area (Å²) >= 11 is 7.49. The number of piperidine rings is 1. The fourth-order valence-electron chi connectivity index (χ4n) is 3.33. The Hall–Kier alpha value is -1.94. The number of sulfonamides is 1. The molecule has 1 saturated heterocycles. The Balaban J connectivity index is 1.71. The first-order valence-electron chi connectivity index (χ1n) is 8.91. The number of carbonyl (C=O) groups is 1. The van der Waals surface area contributed by atoms with Crippen LogP contribution in [0.1, 0.15) is 35.3 Å². The van der Waals surface area contributed by atoms with Crippen LogP contribution in [0.15, 0.2) is 34.7 Å². The largest absolute Gasteiger partial charge is 0.319 e. The number of nitrogens with zero attached hydrogens (tertiary/aromatic N) is 3. The van der Waals surface area contributed by atoms with Crippen LogP contribution in [0.5, 0.6) is 0 Å². The van der Waals surface area contributed by atoms with Gasteiger partial charge < -0.3 is 5.32 Å². The quantitative estimate of drug-likeness (QED) is 0.671. The van der Waals surface area contributed by atoms with Crippen LogP contribution in [0.25, 0.3) is 4.96 Å². The first-order valence-corrected chi connectivity index (χ1v) is 11.6. The zero-order chi connectivity index (χ0) is 19.9. The Kier molecular flexibility index (Phi) is 5.17. The second kappa shape index (κ2) is 7.47. The SMILES string of the molecule is Cc1ccc(NC(=O)c2c(Cl)nc3sccn23)c(S(=O)(=O)N2CCCCC2)c1. The maximum Gasteiger partial charge on any atom is 0.275 e. The fraction of sp³-hybridized carbons (Fsp3) is 0.333. The summed E-state index contributed by atoms with van der Waals surface area (Å²) in [4.78, 5) is 17.7. The fourth-order valence-corrected chi connectivity index (χ4v) is 6.10. The van der Waals surface area contributed by atoms with Crippen molar-refractivity contribution in [1.82, 2.24) is 13.7 Å². The van der Waals surface area contributed by atoms with Crippen molar-refractivity contribution >= 4 is 49.5 Å². The van der Waals surface area contributed by atoms with E-state index >= 15 is 0 Å². The molecule has 1 aliphatic rings. The van der Waals surface area contributed by atoms with Gasteiger partial charge in [0.15, 0.2) is 15.8 Å². The second-order valence-electron chi connectivity index (χ2n) is 6.73. The van der Waals surface area contributed by atoms with Crippen molar-refractivity contribution in [3.63, 3.8) is 0 Å². The van der Waals surface area contributed by atoms with Crippen LogP contribution >= 0.6 is 22.9 Å². The first-order chi connectivity index (χ1) is 13.4. The van der Waals surface area contributed by atoms with Gasteiger partial charge in [-0.25, -0.2) is 13.4 Å². The number of carbonyl (C=O) groups excluding carboxylic acids is 1. The summed E-state index contributed by atoms with van der Waals surface area (Å²) in [7, 11) is -3.71. The van der Waals surface area contributed by atoms with Crippen LogP contribution in [0.2, 0.25) is 5.15 Å². The summed E-state index contributed by atoms with van der Waals surface area (Å²) in [5, 5.41) is 4.60. The van der Waals surface area contributed by atoms with Gasteiger partial charge in [0, 0.05) is 24.7 Å². The number of halogens is 1. The molecule has 0 unspecified atom stereocenters. The molecule has 0 atom stereocenters. The Bertz CT molecular complexity index is 1150. The zero-order valence-corrected chi connectivity index (χ0v) is 17.6. The average Bonchev–Trinajstić information content (AvgIpc) is 3.23. The molecule has 1 fully saturated rings. The minimum atomic E-state index is -3.71. The van der Waals surface area contributed by atoms with E-state index in [4.69, 9.17) is 11.6 Å². The summed E-state index contributed by atoms with van der Waals surface area (Å²) in [6.07, 6.45) is 4.41. The topological polar surface area (TPSA) is 83.8 Å². The van der Waals surface area contributed by atoms with E-state index in [-0.39, 0.29) is 21.4 Å². The van der Waals surface area contributed by atoms with Crippen molar-refractivity contribution < 1.29 is 13.2 Å². The minimum Gasteiger partial charge on any atom is -0.319 e. The van der Waals surface area contributed by atoms with Gasteiger partial charge in [-0.1, -0.05) is 24.1 Å². The Morgan fingerprint density at radius 2 is 2.00 bits per heavy atom. The monoisotopic (exact) mass is 438 g/mol. The third-order valence-corrected chi connectivity index (χ3v) is 7.71. The number of thiazole rings is 1. The lowest BCUT2D eigenvalue weighted by molar-refractivity contribution is 0.102. The van der Waals surface area contributed by atoms with Gasteiger partial charge in [0.25, 0.3) is 5.91 Å². The highest BCUT2D eigenvalue weighted by Gasteiger charge is 2.29. The maximum absolute atomic E-state index is 13.2. The number of anilines is 1. The molecule has 1 N–H and O–H groups in total. The highest BCUT2D eigenvalue weighted by Crippen LogP contribution is 2.29. The summed E-state index contributed by atoms with van der Waals surface area (Å²) in [5.41, 5.74) is 1.22. The van der Waals surface area contributed by atoms with Crippen LogP contribution in [0.4, 0.5) is 5.69 Å². The van der Waals surface area contributed by atoms with Crippen LogP contribution in [-0.4, -0.2) is 41.1 Å². The average molecular weight is 439 g/mol. The number of amides is 1. The molecule has 3 aromatic rings. The van der Waals surface area contributed by atoms with Crippen molar-refractivity contribution in [1.29, 1.82) is 0 Å². The predicted molar refractivity (Wildman–Crippen MR) is 110 cm³/mol. The van der Waals surface area contributed by atoms with Crippen molar-refractivity contribution in [3.8, 4) is 0 Å². The molecular weight excluding hydrogens is 420 g/mol.